The molecule has 108 valence electrons. The molecule has 0 aliphatic heterocycles. The number of hydrogen-bond donors (Lipinski definition) is 2. The molecule has 1 heterocycles. The highest BCUT2D eigenvalue weighted by molar-refractivity contribution is 5.74. The Morgan fingerprint density at radius 1 is 1.38 bits per heavy atom. The molecule has 0 bridgehead atoms. The second-order valence-electron chi connectivity index (χ2n) is 5.12. The summed E-state index contributed by atoms with van der Waals surface area (Å²) < 4.78 is 13.2. The zero-order valence-corrected chi connectivity index (χ0v) is 11.5. The molecule has 5 heteroatoms. The van der Waals surface area contributed by atoms with Gasteiger partial charge >= 0.3 is 6.03 Å². The fraction of sp³-hybridized carbons (Fsp3) is 0.250. The van der Waals surface area contributed by atoms with E-state index in [1.54, 1.807) is 24.5 Å². The summed E-state index contributed by atoms with van der Waals surface area (Å²) in [5.74, 6) is -0.226. The fourth-order valence-electron chi connectivity index (χ4n) is 2.63. The van der Waals surface area contributed by atoms with Crippen LogP contribution in [0.5, 0.6) is 0 Å². The van der Waals surface area contributed by atoms with Gasteiger partial charge in [-0.15, -0.1) is 0 Å². The minimum Gasteiger partial charge on any atom is -0.334 e. The first-order chi connectivity index (χ1) is 10.2. The Kier molecular flexibility index (Phi) is 3.81. The number of nitrogens with zero attached hydrogens (tertiary/aromatic N) is 1. The van der Waals surface area contributed by atoms with Crippen LogP contribution in [0.1, 0.15) is 29.2 Å². The highest BCUT2D eigenvalue weighted by Gasteiger charge is 2.24. The maximum atomic E-state index is 13.2. The van der Waals surface area contributed by atoms with Crippen LogP contribution in [0.3, 0.4) is 0 Å². The third kappa shape index (κ3) is 3.18. The number of amides is 2. The summed E-state index contributed by atoms with van der Waals surface area (Å²) in [6, 6.07) is 8.20. The number of urea groups is 1. The van der Waals surface area contributed by atoms with Gasteiger partial charge in [-0.2, -0.15) is 0 Å². The minimum atomic E-state index is -0.226. The smallest absolute Gasteiger partial charge is 0.315 e. The average molecular weight is 285 g/mol. The van der Waals surface area contributed by atoms with Crippen molar-refractivity contribution in [1.82, 2.24) is 15.6 Å². The van der Waals surface area contributed by atoms with Crippen molar-refractivity contribution < 1.29 is 9.18 Å². The van der Waals surface area contributed by atoms with Gasteiger partial charge in [0.25, 0.3) is 0 Å². The van der Waals surface area contributed by atoms with E-state index in [1.807, 2.05) is 12.1 Å². The third-order valence-electron chi connectivity index (χ3n) is 3.66. The van der Waals surface area contributed by atoms with Crippen LogP contribution in [0.15, 0.2) is 42.7 Å². The number of fused-ring (bicyclic) bond motifs is 1. The molecule has 2 amide bonds. The van der Waals surface area contributed by atoms with Crippen LogP contribution in [-0.4, -0.2) is 11.0 Å². The van der Waals surface area contributed by atoms with Crippen LogP contribution in [0.4, 0.5) is 9.18 Å². The van der Waals surface area contributed by atoms with Crippen molar-refractivity contribution in [3.8, 4) is 0 Å². The van der Waals surface area contributed by atoms with Crippen LogP contribution < -0.4 is 10.6 Å². The first-order valence-electron chi connectivity index (χ1n) is 6.94. The summed E-state index contributed by atoms with van der Waals surface area (Å²) in [4.78, 5) is 15.9. The van der Waals surface area contributed by atoms with Crippen molar-refractivity contribution in [3.05, 3.63) is 65.2 Å². The molecule has 0 saturated heterocycles. The Morgan fingerprint density at radius 2 is 2.29 bits per heavy atom. The summed E-state index contributed by atoms with van der Waals surface area (Å²) in [5.41, 5.74) is 2.93. The van der Waals surface area contributed by atoms with Crippen LogP contribution in [0.25, 0.3) is 0 Å². The molecule has 3 rings (SSSR count). The topological polar surface area (TPSA) is 54.0 Å². The lowest BCUT2D eigenvalue weighted by molar-refractivity contribution is 0.236. The standard InChI is InChI=1S/C16H16FN3O/c17-13-4-5-14-12(8-13)3-6-15(14)20-16(21)19-10-11-2-1-7-18-9-11/h1-2,4-5,7-9,15H,3,6,10H2,(H2,19,20,21)/t15-/m0/s1. The van der Waals surface area contributed by atoms with Crippen molar-refractivity contribution in [3.63, 3.8) is 0 Å². The lowest BCUT2D eigenvalue weighted by atomic mass is 10.1. The van der Waals surface area contributed by atoms with Gasteiger partial charge in [0.15, 0.2) is 0 Å². The molecule has 21 heavy (non-hydrogen) atoms. The average Bonchev–Trinajstić information content (AvgIpc) is 2.88. The molecular formula is C16H16FN3O. The minimum absolute atomic E-state index is 0.0468. The lowest BCUT2D eigenvalue weighted by Crippen LogP contribution is -2.36. The van der Waals surface area contributed by atoms with Crippen molar-refractivity contribution in [2.75, 3.05) is 0 Å². The van der Waals surface area contributed by atoms with Gasteiger partial charge in [0.05, 0.1) is 6.04 Å². The number of hydrogen-bond acceptors (Lipinski definition) is 2. The van der Waals surface area contributed by atoms with Gasteiger partial charge in [-0.25, -0.2) is 9.18 Å². The molecule has 1 aliphatic rings. The van der Waals surface area contributed by atoms with Gasteiger partial charge in [0.2, 0.25) is 0 Å². The van der Waals surface area contributed by atoms with E-state index >= 15 is 0 Å². The van der Waals surface area contributed by atoms with Gasteiger partial charge < -0.3 is 10.6 Å². The van der Waals surface area contributed by atoms with E-state index in [1.165, 1.54) is 6.07 Å². The summed E-state index contributed by atoms with van der Waals surface area (Å²) in [6.45, 7) is 0.433. The van der Waals surface area contributed by atoms with E-state index in [9.17, 15) is 9.18 Å². The van der Waals surface area contributed by atoms with Crippen LogP contribution in [0, 0.1) is 5.82 Å². The molecule has 0 unspecified atom stereocenters. The van der Waals surface area contributed by atoms with Gasteiger partial charge in [0, 0.05) is 18.9 Å². The molecule has 0 saturated carbocycles. The van der Waals surface area contributed by atoms with Crippen molar-refractivity contribution in [1.29, 1.82) is 0 Å². The van der Waals surface area contributed by atoms with Gasteiger partial charge in [-0.3, -0.25) is 4.98 Å². The Hall–Kier alpha value is -2.43. The molecule has 2 N–H and O–H groups in total. The lowest BCUT2D eigenvalue weighted by Gasteiger charge is -2.15. The van der Waals surface area contributed by atoms with Gasteiger partial charge in [-0.05, 0) is 47.7 Å². The Bertz CT molecular complexity index is 645. The number of aryl methyl sites for hydroxylation is 1. The predicted octanol–water partition coefficient (Wildman–Crippen LogP) is 2.71. The SMILES string of the molecule is O=C(NCc1cccnc1)N[C@H]1CCc2cc(F)ccc21. The summed E-state index contributed by atoms with van der Waals surface area (Å²) in [7, 11) is 0. The monoisotopic (exact) mass is 285 g/mol. The highest BCUT2D eigenvalue weighted by Crippen LogP contribution is 2.31. The molecule has 4 nitrogen and oxygen atoms in total. The van der Waals surface area contributed by atoms with Crippen molar-refractivity contribution in [2.45, 2.75) is 25.4 Å². The maximum Gasteiger partial charge on any atom is 0.315 e. The molecule has 0 fully saturated rings. The molecule has 0 spiro atoms. The number of carbonyl (C=O) groups excluding carboxylic acids is 1. The molecule has 1 aliphatic carbocycles. The maximum absolute atomic E-state index is 13.2. The zero-order chi connectivity index (χ0) is 14.7. The number of nitrogens with one attached hydrogen (secondary N) is 2. The summed E-state index contributed by atoms with van der Waals surface area (Å²) in [6.07, 6.45) is 5.01. The van der Waals surface area contributed by atoms with Gasteiger partial charge in [-0.1, -0.05) is 12.1 Å². The van der Waals surface area contributed by atoms with E-state index in [0.29, 0.717) is 6.54 Å². The zero-order valence-electron chi connectivity index (χ0n) is 11.5. The van der Waals surface area contributed by atoms with Crippen molar-refractivity contribution in [2.24, 2.45) is 0 Å². The van der Waals surface area contributed by atoms with Crippen LogP contribution in [0.2, 0.25) is 0 Å². The normalized spacial score (nSPS) is 16.3. The first-order valence-corrected chi connectivity index (χ1v) is 6.94. The number of pyridine rings is 1. The molecule has 0 radical (unpaired) electrons. The number of carbonyl (C=O) groups is 1. The van der Waals surface area contributed by atoms with Crippen LogP contribution >= 0.6 is 0 Å². The third-order valence-corrected chi connectivity index (χ3v) is 3.66. The van der Waals surface area contributed by atoms with Gasteiger partial charge in [0.1, 0.15) is 5.82 Å². The molecule has 1 aromatic heterocycles. The highest BCUT2D eigenvalue weighted by atomic mass is 19.1. The molecule has 2 aromatic rings. The number of aromatic nitrogens is 1. The second-order valence-corrected chi connectivity index (χ2v) is 5.12. The number of halogens is 1. The van der Waals surface area contributed by atoms with E-state index in [4.69, 9.17) is 0 Å². The largest absolute Gasteiger partial charge is 0.334 e. The quantitative estimate of drug-likeness (QED) is 0.911. The van der Waals surface area contributed by atoms with E-state index in [0.717, 1.165) is 29.5 Å². The first kappa shape index (κ1) is 13.5. The Labute approximate surface area is 122 Å². The predicted molar refractivity (Wildman–Crippen MR) is 77.1 cm³/mol. The van der Waals surface area contributed by atoms with Crippen molar-refractivity contribution >= 4 is 6.03 Å². The van der Waals surface area contributed by atoms with Crippen LogP contribution in [-0.2, 0) is 13.0 Å². The second kappa shape index (κ2) is 5.91. The Balaban J connectivity index is 1.57. The number of benzene rings is 1. The molecule has 1 aromatic carbocycles. The van der Waals surface area contributed by atoms with E-state index in [-0.39, 0.29) is 17.9 Å². The summed E-state index contributed by atoms with van der Waals surface area (Å²) in [5, 5.41) is 5.74. The molecular weight excluding hydrogens is 269 g/mol. The summed E-state index contributed by atoms with van der Waals surface area (Å²) >= 11 is 0. The molecule has 1 atom stereocenters. The van der Waals surface area contributed by atoms with E-state index in [2.05, 4.69) is 15.6 Å². The van der Waals surface area contributed by atoms with E-state index < -0.39 is 0 Å². The number of rotatable bonds is 3. The fourth-order valence-corrected chi connectivity index (χ4v) is 2.63. The Morgan fingerprint density at radius 3 is 3.10 bits per heavy atom.